The van der Waals surface area contributed by atoms with Crippen molar-refractivity contribution in [2.45, 2.75) is 51.5 Å². The molecule has 0 amide bonds. The summed E-state index contributed by atoms with van der Waals surface area (Å²) in [6.07, 6.45) is 7.91. The lowest BCUT2D eigenvalue weighted by molar-refractivity contribution is 0.301. The summed E-state index contributed by atoms with van der Waals surface area (Å²) in [6, 6.07) is 5.54. The number of halogens is 1. The first-order valence-corrected chi connectivity index (χ1v) is 7.81. The lowest BCUT2D eigenvalue weighted by atomic mass is 9.83. The van der Waals surface area contributed by atoms with Crippen molar-refractivity contribution >= 4 is 0 Å². The predicted molar refractivity (Wildman–Crippen MR) is 80.6 cm³/mol. The topological polar surface area (TPSA) is 21.3 Å². The Bertz CT molecular complexity index is 415. The van der Waals surface area contributed by atoms with Crippen molar-refractivity contribution in [3.8, 4) is 5.75 Å². The van der Waals surface area contributed by atoms with E-state index in [1.54, 1.807) is 0 Å². The molecule has 1 unspecified atom stereocenters. The Balaban J connectivity index is 2.10. The molecule has 0 saturated heterocycles. The molecule has 1 aliphatic carbocycles. The van der Waals surface area contributed by atoms with Crippen LogP contribution in [0.1, 0.15) is 57.1 Å². The van der Waals surface area contributed by atoms with Gasteiger partial charge in [-0.2, -0.15) is 0 Å². The molecule has 0 aromatic heterocycles. The maximum atomic E-state index is 13.5. The third kappa shape index (κ3) is 3.95. The third-order valence-electron chi connectivity index (χ3n) is 4.32. The third-order valence-corrected chi connectivity index (χ3v) is 4.32. The zero-order valence-corrected chi connectivity index (χ0v) is 12.6. The Labute approximate surface area is 121 Å². The molecule has 3 heteroatoms. The summed E-state index contributed by atoms with van der Waals surface area (Å²) in [5.41, 5.74) is 1.13. The first-order valence-electron chi connectivity index (χ1n) is 7.81. The van der Waals surface area contributed by atoms with Crippen LogP contribution >= 0.6 is 0 Å². The fraction of sp³-hybridized carbons (Fsp3) is 0.647. The second-order valence-corrected chi connectivity index (χ2v) is 5.74. The van der Waals surface area contributed by atoms with E-state index in [2.05, 4.69) is 12.2 Å². The summed E-state index contributed by atoms with van der Waals surface area (Å²) in [7, 11) is 1.52. The van der Waals surface area contributed by atoms with E-state index in [1.165, 1.54) is 45.3 Å². The van der Waals surface area contributed by atoms with Gasteiger partial charge in [-0.25, -0.2) is 4.39 Å². The number of rotatable bonds is 6. The molecule has 1 aliphatic rings. The van der Waals surface area contributed by atoms with Gasteiger partial charge in [0.05, 0.1) is 7.11 Å². The van der Waals surface area contributed by atoms with Gasteiger partial charge < -0.3 is 10.1 Å². The van der Waals surface area contributed by atoms with Crippen LogP contribution in [-0.2, 0) is 0 Å². The summed E-state index contributed by atoms with van der Waals surface area (Å²) in [5, 5.41) is 3.54. The summed E-state index contributed by atoms with van der Waals surface area (Å²) >= 11 is 0. The monoisotopic (exact) mass is 279 g/mol. The number of hydrogen-bond donors (Lipinski definition) is 1. The van der Waals surface area contributed by atoms with Crippen molar-refractivity contribution in [1.82, 2.24) is 5.32 Å². The molecule has 2 nitrogen and oxygen atoms in total. The molecule has 1 aromatic rings. The number of benzene rings is 1. The van der Waals surface area contributed by atoms with E-state index in [-0.39, 0.29) is 5.82 Å². The maximum absolute atomic E-state index is 13.5. The Hall–Kier alpha value is -1.09. The number of nitrogens with one attached hydrogen (secondary N) is 1. The molecule has 1 fully saturated rings. The van der Waals surface area contributed by atoms with Crippen molar-refractivity contribution in [3.05, 3.63) is 29.6 Å². The highest BCUT2D eigenvalue weighted by Crippen LogP contribution is 2.33. The van der Waals surface area contributed by atoms with Gasteiger partial charge >= 0.3 is 0 Å². The van der Waals surface area contributed by atoms with Crippen molar-refractivity contribution in [1.29, 1.82) is 0 Å². The summed E-state index contributed by atoms with van der Waals surface area (Å²) in [5.74, 6) is 0.849. The number of hydrogen-bond acceptors (Lipinski definition) is 2. The molecule has 1 aromatic carbocycles. The largest absolute Gasteiger partial charge is 0.494 e. The summed E-state index contributed by atoms with van der Waals surface area (Å²) in [4.78, 5) is 0. The normalized spacial score (nSPS) is 17.9. The summed E-state index contributed by atoms with van der Waals surface area (Å²) < 4.78 is 18.6. The van der Waals surface area contributed by atoms with E-state index in [9.17, 15) is 4.39 Å². The fourth-order valence-electron chi connectivity index (χ4n) is 3.23. The van der Waals surface area contributed by atoms with E-state index < -0.39 is 0 Å². The second-order valence-electron chi connectivity index (χ2n) is 5.74. The molecule has 0 heterocycles. The molecule has 20 heavy (non-hydrogen) atoms. The lowest BCUT2D eigenvalue weighted by Crippen LogP contribution is -2.24. The van der Waals surface area contributed by atoms with Gasteiger partial charge in [-0.05, 0) is 36.6 Å². The first kappa shape index (κ1) is 15.3. The van der Waals surface area contributed by atoms with Crippen LogP contribution in [0.5, 0.6) is 5.75 Å². The number of ether oxygens (including phenoxy) is 1. The SMILES string of the molecule is CCNC(CC1CCCCC1)c1ccc(F)c(OC)c1. The van der Waals surface area contributed by atoms with Gasteiger partial charge in [0.1, 0.15) is 0 Å². The van der Waals surface area contributed by atoms with Crippen LogP contribution in [0.2, 0.25) is 0 Å². The highest BCUT2D eigenvalue weighted by molar-refractivity contribution is 5.32. The molecule has 1 atom stereocenters. The van der Waals surface area contributed by atoms with E-state index in [1.807, 2.05) is 12.1 Å². The minimum atomic E-state index is -0.288. The van der Waals surface area contributed by atoms with Gasteiger partial charge in [-0.15, -0.1) is 0 Å². The minimum Gasteiger partial charge on any atom is -0.494 e. The average molecular weight is 279 g/mol. The van der Waals surface area contributed by atoms with Gasteiger partial charge in [0.25, 0.3) is 0 Å². The maximum Gasteiger partial charge on any atom is 0.165 e. The zero-order chi connectivity index (χ0) is 14.4. The van der Waals surface area contributed by atoms with Crippen molar-refractivity contribution in [2.24, 2.45) is 5.92 Å². The molecule has 0 bridgehead atoms. The van der Waals surface area contributed by atoms with Crippen molar-refractivity contribution < 1.29 is 9.13 Å². The van der Waals surface area contributed by atoms with Gasteiger partial charge in [0.15, 0.2) is 11.6 Å². The second kappa shape index (κ2) is 7.63. The smallest absolute Gasteiger partial charge is 0.165 e. The van der Waals surface area contributed by atoms with Crippen molar-refractivity contribution in [3.63, 3.8) is 0 Å². The highest BCUT2D eigenvalue weighted by atomic mass is 19.1. The molecule has 0 radical (unpaired) electrons. The first-order chi connectivity index (χ1) is 9.74. The van der Waals surface area contributed by atoms with Crippen LogP contribution in [0.4, 0.5) is 4.39 Å². The van der Waals surface area contributed by atoms with E-state index in [4.69, 9.17) is 4.74 Å². The molecule has 2 rings (SSSR count). The molecule has 112 valence electrons. The fourth-order valence-corrected chi connectivity index (χ4v) is 3.23. The molecular formula is C17H26FNO. The predicted octanol–water partition coefficient (Wildman–Crippen LogP) is 4.46. The molecule has 1 N–H and O–H groups in total. The van der Waals surface area contributed by atoms with Crippen molar-refractivity contribution in [2.75, 3.05) is 13.7 Å². The average Bonchev–Trinajstić information content (AvgIpc) is 2.48. The Morgan fingerprint density at radius 3 is 2.70 bits per heavy atom. The van der Waals surface area contributed by atoms with Gasteiger partial charge in [0.2, 0.25) is 0 Å². The summed E-state index contributed by atoms with van der Waals surface area (Å²) in [6.45, 7) is 3.05. The van der Waals surface area contributed by atoms with Crippen LogP contribution < -0.4 is 10.1 Å². The van der Waals surface area contributed by atoms with Crippen LogP contribution in [0.15, 0.2) is 18.2 Å². The van der Waals surface area contributed by atoms with E-state index in [0.717, 1.165) is 24.4 Å². The minimum absolute atomic E-state index is 0.288. The van der Waals surface area contributed by atoms with E-state index in [0.29, 0.717) is 11.8 Å². The standard InChI is InChI=1S/C17H26FNO/c1-3-19-16(11-13-7-5-4-6-8-13)14-9-10-15(18)17(12-14)20-2/h9-10,12-13,16,19H,3-8,11H2,1-2H3. The van der Waals surface area contributed by atoms with E-state index >= 15 is 0 Å². The lowest BCUT2D eigenvalue weighted by Gasteiger charge is -2.27. The molecule has 0 aliphatic heterocycles. The highest BCUT2D eigenvalue weighted by Gasteiger charge is 2.20. The van der Waals surface area contributed by atoms with Gasteiger partial charge in [-0.1, -0.05) is 45.1 Å². The van der Waals surface area contributed by atoms with Gasteiger partial charge in [0, 0.05) is 6.04 Å². The van der Waals surface area contributed by atoms with Crippen LogP contribution in [0.3, 0.4) is 0 Å². The van der Waals surface area contributed by atoms with Crippen LogP contribution in [0.25, 0.3) is 0 Å². The molecule has 1 saturated carbocycles. The number of methoxy groups -OCH3 is 1. The van der Waals surface area contributed by atoms with Crippen LogP contribution in [0, 0.1) is 11.7 Å². The Morgan fingerprint density at radius 2 is 2.05 bits per heavy atom. The molecular weight excluding hydrogens is 253 g/mol. The zero-order valence-electron chi connectivity index (χ0n) is 12.6. The van der Waals surface area contributed by atoms with Crippen LogP contribution in [-0.4, -0.2) is 13.7 Å². The van der Waals surface area contributed by atoms with Gasteiger partial charge in [-0.3, -0.25) is 0 Å². The quantitative estimate of drug-likeness (QED) is 0.830. The Morgan fingerprint density at radius 1 is 1.30 bits per heavy atom. The Kier molecular flexibility index (Phi) is 5.84. The molecule has 0 spiro atoms.